The maximum absolute atomic E-state index is 11.9. The number of hydrogen-bond donors (Lipinski definition) is 3. The SMILES string of the molecule is Cc1cn([C@@]2(C)C[C@H](O)[C@@H](CO)O2)c(=O)[nH]c1=S. The Morgan fingerprint density at radius 2 is 2.39 bits per heavy atom. The molecule has 1 fully saturated rings. The number of hydrogen-bond acceptors (Lipinski definition) is 5. The zero-order valence-corrected chi connectivity index (χ0v) is 11.0. The minimum absolute atomic E-state index is 0.238. The van der Waals surface area contributed by atoms with Crippen molar-refractivity contribution in [3.63, 3.8) is 0 Å². The molecule has 2 rings (SSSR count). The number of nitrogens with zero attached hydrogens (tertiary/aromatic N) is 1. The van der Waals surface area contributed by atoms with E-state index in [0.29, 0.717) is 4.64 Å². The maximum atomic E-state index is 11.9. The molecule has 0 amide bonds. The standard InChI is InChI=1S/C11H16N2O4S/c1-6-4-13(10(16)12-9(6)18)11(2)3-7(15)8(5-14)17-11/h4,7-8,14-15H,3,5H2,1-2H3,(H,12,16,18)/t7-,8+,11+/m0/s1. The van der Waals surface area contributed by atoms with Gasteiger partial charge in [-0.3, -0.25) is 9.55 Å². The zero-order valence-electron chi connectivity index (χ0n) is 10.2. The Hall–Kier alpha value is -1.02. The van der Waals surface area contributed by atoms with Crippen molar-refractivity contribution in [3.8, 4) is 0 Å². The van der Waals surface area contributed by atoms with E-state index in [4.69, 9.17) is 22.1 Å². The van der Waals surface area contributed by atoms with Crippen molar-refractivity contribution in [2.45, 2.75) is 38.2 Å². The van der Waals surface area contributed by atoms with E-state index in [2.05, 4.69) is 4.98 Å². The summed E-state index contributed by atoms with van der Waals surface area (Å²) in [5, 5.41) is 18.9. The number of ether oxygens (including phenoxy) is 1. The summed E-state index contributed by atoms with van der Waals surface area (Å²) >= 11 is 4.98. The Labute approximate surface area is 109 Å². The predicted octanol–water partition coefficient (Wildman–Crippen LogP) is 0.0291. The lowest BCUT2D eigenvalue weighted by Crippen LogP contribution is -2.40. The molecule has 1 aromatic heterocycles. The van der Waals surface area contributed by atoms with Crippen LogP contribution in [0.15, 0.2) is 11.0 Å². The molecular formula is C11H16N2O4S. The van der Waals surface area contributed by atoms with Gasteiger partial charge in [0, 0.05) is 18.2 Å². The molecule has 6 nitrogen and oxygen atoms in total. The van der Waals surface area contributed by atoms with Crippen LogP contribution in [0.3, 0.4) is 0 Å². The Morgan fingerprint density at radius 1 is 1.72 bits per heavy atom. The fourth-order valence-corrected chi connectivity index (χ4v) is 2.34. The number of aliphatic hydroxyl groups is 2. The summed E-state index contributed by atoms with van der Waals surface area (Å²) in [6.07, 6.45) is 0.372. The Kier molecular flexibility index (Phi) is 3.41. The fraction of sp³-hybridized carbons (Fsp3) is 0.636. The highest BCUT2D eigenvalue weighted by molar-refractivity contribution is 7.71. The fourth-order valence-electron chi connectivity index (χ4n) is 2.20. The van der Waals surface area contributed by atoms with Crippen LogP contribution in [-0.2, 0) is 10.5 Å². The van der Waals surface area contributed by atoms with Gasteiger partial charge in [0.15, 0.2) is 0 Å². The van der Waals surface area contributed by atoms with Gasteiger partial charge < -0.3 is 14.9 Å². The Bertz CT molecular complexity index is 567. The van der Waals surface area contributed by atoms with Crippen LogP contribution in [0.5, 0.6) is 0 Å². The molecule has 0 aromatic carbocycles. The molecule has 7 heteroatoms. The summed E-state index contributed by atoms with van der Waals surface area (Å²) in [7, 11) is 0. The van der Waals surface area contributed by atoms with Crippen LogP contribution in [0.4, 0.5) is 0 Å². The normalized spacial score (nSPS) is 31.8. The second kappa shape index (κ2) is 4.58. The summed E-state index contributed by atoms with van der Waals surface area (Å²) in [6, 6.07) is 0. The Balaban J connectivity index is 2.47. The van der Waals surface area contributed by atoms with Crippen LogP contribution in [0.1, 0.15) is 18.9 Å². The number of aliphatic hydroxyl groups excluding tert-OH is 2. The largest absolute Gasteiger partial charge is 0.394 e. The van der Waals surface area contributed by atoms with Crippen molar-refractivity contribution in [2.24, 2.45) is 0 Å². The molecule has 0 saturated carbocycles. The highest BCUT2D eigenvalue weighted by Gasteiger charge is 2.44. The number of aromatic nitrogens is 2. The van der Waals surface area contributed by atoms with Gasteiger partial charge in [-0.1, -0.05) is 12.2 Å². The van der Waals surface area contributed by atoms with E-state index < -0.39 is 17.9 Å². The summed E-state index contributed by atoms with van der Waals surface area (Å²) in [5.41, 5.74) is -0.621. The smallest absolute Gasteiger partial charge is 0.328 e. The predicted molar refractivity (Wildman–Crippen MR) is 66.9 cm³/mol. The van der Waals surface area contributed by atoms with Gasteiger partial charge in [-0.05, 0) is 13.8 Å². The van der Waals surface area contributed by atoms with E-state index >= 15 is 0 Å². The van der Waals surface area contributed by atoms with Crippen molar-refractivity contribution in [1.29, 1.82) is 0 Å². The molecule has 0 unspecified atom stereocenters. The van der Waals surface area contributed by atoms with E-state index in [1.165, 1.54) is 4.57 Å². The third-order valence-corrected chi connectivity index (χ3v) is 3.66. The second-order valence-electron chi connectivity index (χ2n) is 4.73. The van der Waals surface area contributed by atoms with Crippen molar-refractivity contribution in [1.82, 2.24) is 9.55 Å². The molecule has 2 heterocycles. The minimum Gasteiger partial charge on any atom is -0.394 e. The molecular weight excluding hydrogens is 256 g/mol. The van der Waals surface area contributed by atoms with Crippen LogP contribution in [-0.4, -0.2) is 38.6 Å². The summed E-state index contributed by atoms with van der Waals surface area (Å²) in [4.78, 5) is 14.5. The number of aromatic amines is 1. The van der Waals surface area contributed by atoms with Crippen LogP contribution in [0.25, 0.3) is 0 Å². The minimum atomic E-state index is -0.978. The van der Waals surface area contributed by atoms with Gasteiger partial charge in [-0.25, -0.2) is 4.79 Å². The zero-order chi connectivity index (χ0) is 13.5. The molecule has 18 heavy (non-hydrogen) atoms. The molecule has 100 valence electrons. The van der Waals surface area contributed by atoms with E-state index in [1.54, 1.807) is 20.0 Å². The van der Waals surface area contributed by atoms with Gasteiger partial charge in [-0.15, -0.1) is 0 Å². The molecule has 1 aliphatic heterocycles. The first kappa shape index (κ1) is 13.4. The summed E-state index contributed by atoms with van der Waals surface area (Å²) in [6.45, 7) is 3.20. The number of H-pyrrole nitrogens is 1. The summed E-state index contributed by atoms with van der Waals surface area (Å²) < 4.78 is 7.34. The lowest BCUT2D eigenvalue weighted by atomic mass is 10.1. The van der Waals surface area contributed by atoms with Crippen LogP contribution in [0.2, 0.25) is 0 Å². The van der Waals surface area contributed by atoms with Crippen molar-refractivity contribution in [2.75, 3.05) is 6.61 Å². The van der Waals surface area contributed by atoms with Crippen molar-refractivity contribution < 1.29 is 14.9 Å². The number of nitrogens with one attached hydrogen (secondary N) is 1. The topological polar surface area (TPSA) is 87.5 Å². The lowest BCUT2D eigenvalue weighted by molar-refractivity contribution is -0.107. The lowest BCUT2D eigenvalue weighted by Gasteiger charge is -2.26. The van der Waals surface area contributed by atoms with Crippen LogP contribution in [0, 0.1) is 11.6 Å². The molecule has 0 bridgehead atoms. The third kappa shape index (κ3) is 2.14. The third-order valence-electron chi connectivity index (χ3n) is 3.23. The molecule has 1 aromatic rings. The van der Waals surface area contributed by atoms with Crippen molar-refractivity contribution in [3.05, 3.63) is 26.9 Å². The average molecular weight is 272 g/mol. The first-order chi connectivity index (χ1) is 8.37. The molecule has 0 spiro atoms. The Morgan fingerprint density at radius 3 is 2.94 bits per heavy atom. The summed E-state index contributed by atoms with van der Waals surface area (Å²) in [5.74, 6) is 0. The van der Waals surface area contributed by atoms with Gasteiger partial charge in [0.05, 0.1) is 12.7 Å². The first-order valence-electron chi connectivity index (χ1n) is 5.67. The molecule has 3 atom stereocenters. The van der Waals surface area contributed by atoms with E-state index in [0.717, 1.165) is 5.56 Å². The van der Waals surface area contributed by atoms with Gasteiger partial charge >= 0.3 is 5.69 Å². The van der Waals surface area contributed by atoms with E-state index in [9.17, 15) is 9.90 Å². The van der Waals surface area contributed by atoms with Gasteiger partial charge in [0.25, 0.3) is 0 Å². The van der Waals surface area contributed by atoms with Gasteiger partial charge in [-0.2, -0.15) is 0 Å². The second-order valence-corrected chi connectivity index (χ2v) is 5.14. The molecule has 0 aliphatic carbocycles. The molecule has 3 N–H and O–H groups in total. The highest BCUT2D eigenvalue weighted by atomic mass is 32.1. The average Bonchev–Trinajstić information content (AvgIpc) is 2.59. The van der Waals surface area contributed by atoms with Crippen LogP contribution < -0.4 is 5.69 Å². The van der Waals surface area contributed by atoms with E-state index in [1.807, 2.05) is 0 Å². The van der Waals surface area contributed by atoms with Crippen LogP contribution >= 0.6 is 12.2 Å². The quantitative estimate of drug-likeness (QED) is 0.661. The number of rotatable bonds is 2. The monoisotopic (exact) mass is 272 g/mol. The van der Waals surface area contributed by atoms with Gasteiger partial charge in [0.1, 0.15) is 16.5 Å². The maximum Gasteiger partial charge on any atom is 0.328 e. The highest BCUT2D eigenvalue weighted by Crippen LogP contribution is 2.33. The van der Waals surface area contributed by atoms with Crippen molar-refractivity contribution >= 4 is 12.2 Å². The molecule has 1 saturated heterocycles. The van der Waals surface area contributed by atoms with Gasteiger partial charge in [0.2, 0.25) is 0 Å². The molecule has 1 aliphatic rings. The first-order valence-corrected chi connectivity index (χ1v) is 6.08. The van der Waals surface area contributed by atoms with E-state index in [-0.39, 0.29) is 18.7 Å². The number of aryl methyl sites for hydroxylation is 1. The molecule has 0 radical (unpaired) electrons.